The highest BCUT2D eigenvalue weighted by molar-refractivity contribution is 5.77. The number of ether oxygens (including phenoxy) is 1. The van der Waals surface area contributed by atoms with Crippen molar-refractivity contribution in [2.75, 3.05) is 38.2 Å². The molecule has 1 amide bonds. The third-order valence-corrected chi connectivity index (χ3v) is 5.79. The first-order valence-electron chi connectivity index (χ1n) is 10.2. The maximum absolute atomic E-state index is 13.0. The lowest BCUT2D eigenvalue weighted by molar-refractivity contribution is -0.132. The second-order valence-corrected chi connectivity index (χ2v) is 7.62. The van der Waals surface area contributed by atoms with E-state index in [0.717, 1.165) is 25.3 Å². The highest BCUT2D eigenvalue weighted by atomic mass is 16.5. The monoisotopic (exact) mass is 384 g/mol. The molecule has 0 N–H and O–H groups in total. The minimum Gasteiger partial charge on any atom is -0.497 e. The molecular weight excluding hydrogens is 356 g/mol. The quantitative estimate of drug-likeness (QED) is 0.731. The van der Waals surface area contributed by atoms with E-state index in [4.69, 9.17) is 9.15 Å². The van der Waals surface area contributed by atoms with E-state index in [1.54, 1.807) is 7.11 Å². The van der Waals surface area contributed by atoms with Crippen molar-refractivity contribution >= 4 is 11.9 Å². The van der Waals surface area contributed by atoms with E-state index in [1.165, 1.54) is 18.4 Å². The summed E-state index contributed by atoms with van der Waals surface area (Å²) in [5, 5.41) is 8.14. The molecule has 4 rings (SSSR count). The molecule has 2 aromatic rings. The van der Waals surface area contributed by atoms with Gasteiger partial charge in [0.05, 0.1) is 7.11 Å². The summed E-state index contributed by atoms with van der Waals surface area (Å²) in [7, 11) is 1.67. The van der Waals surface area contributed by atoms with E-state index in [-0.39, 0.29) is 5.91 Å². The maximum atomic E-state index is 13.0. The number of carbonyl (C=O) groups excluding carboxylic acids is 1. The van der Waals surface area contributed by atoms with Crippen LogP contribution < -0.4 is 9.64 Å². The highest BCUT2D eigenvalue weighted by Crippen LogP contribution is 2.45. The number of carbonyl (C=O) groups is 1. The third kappa shape index (κ3) is 4.13. The van der Waals surface area contributed by atoms with Crippen LogP contribution >= 0.6 is 0 Å². The van der Waals surface area contributed by atoms with Gasteiger partial charge in [-0.25, -0.2) is 0 Å². The molecule has 1 atom stereocenters. The summed E-state index contributed by atoms with van der Waals surface area (Å²) >= 11 is 0. The van der Waals surface area contributed by atoms with Gasteiger partial charge in [-0.05, 0) is 42.4 Å². The molecule has 150 valence electrons. The van der Waals surface area contributed by atoms with Crippen molar-refractivity contribution < 1.29 is 13.9 Å². The van der Waals surface area contributed by atoms with Crippen LogP contribution in [0.25, 0.3) is 0 Å². The molecule has 1 saturated carbocycles. The number of hydrogen-bond acceptors (Lipinski definition) is 6. The highest BCUT2D eigenvalue weighted by Gasteiger charge is 2.35. The van der Waals surface area contributed by atoms with Crippen LogP contribution in [-0.4, -0.2) is 54.3 Å². The van der Waals surface area contributed by atoms with Crippen molar-refractivity contribution in [2.24, 2.45) is 5.92 Å². The first kappa shape index (κ1) is 18.8. The molecule has 1 aromatic carbocycles. The van der Waals surface area contributed by atoms with Gasteiger partial charge in [0.1, 0.15) is 5.75 Å². The van der Waals surface area contributed by atoms with Gasteiger partial charge in [-0.15, -0.1) is 5.10 Å². The van der Waals surface area contributed by atoms with Gasteiger partial charge in [-0.1, -0.05) is 24.2 Å². The van der Waals surface area contributed by atoms with Crippen LogP contribution in [0, 0.1) is 5.92 Å². The van der Waals surface area contributed by atoms with Gasteiger partial charge in [0.25, 0.3) is 0 Å². The molecule has 1 unspecified atom stereocenters. The predicted molar refractivity (Wildman–Crippen MR) is 106 cm³/mol. The second-order valence-electron chi connectivity index (χ2n) is 7.62. The Balaban J connectivity index is 1.35. The SMILES string of the molecule is CCc1nnc(N2CCN(C(=O)CC(c3ccc(OC)cc3)C3CC3)CC2)o1. The molecule has 7 nitrogen and oxygen atoms in total. The lowest BCUT2D eigenvalue weighted by Crippen LogP contribution is -2.49. The van der Waals surface area contributed by atoms with Crippen molar-refractivity contribution in [2.45, 2.75) is 38.5 Å². The predicted octanol–water partition coefficient (Wildman–Crippen LogP) is 2.87. The molecule has 2 fully saturated rings. The number of aromatic nitrogens is 2. The van der Waals surface area contributed by atoms with Crippen molar-refractivity contribution in [3.63, 3.8) is 0 Å². The maximum Gasteiger partial charge on any atom is 0.318 e. The molecule has 7 heteroatoms. The molecule has 0 bridgehead atoms. The van der Waals surface area contributed by atoms with Gasteiger partial charge in [0.15, 0.2) is 0 Å². The molecule has 1 aliphatic carbocycles. The smallest absolute Gasteiger partial charge is 0.318 e. The Kier molecular flexibility index (Phi) is 5.50. The lowest BCUT2D eigenvalue weighted by atomic mass is 9.90. The van der Waals surface area contributed by atoms with Crippen LogP contribution in [0.3, 0.4) is 0 Å². The minimum absolute atomic E-state index is 0.243. The van der Waals surface area contributed by atoms with E-state index < -0.39 is 0 Å². The molecule has 28 heavy (non-hydrogen) atoms. The number of amides is 1. The Morgan fingerprint density at radius 3 is 2.46 bits per heavy atom. The number of piperazine rings is 1. The van der Waals surface area contributed by atoms with Crippen LogP contribution in [0.15, 0.2) is 28.7 Å². The van der Waals surface area contributed by atoms with Crippen LogP contribution in [-0.2, 0) is 11.2 Å². The van der Waals surface area contributed by atoms with Crippen LogP contribution in [0.1, 0.15) is 43.6 Å². The van der Waals surface area contributed by atoms with Gasteiger partial charge < -0.3 is 19.0 Å². The fourth-order valence-corrected chi connectivity index (χ4v) is 3.89. The summed E-state index contributed by atoms with van der Waals surface area (Å²) < 4.78 is 10.9. The summed E-state index contributed by atoms with van der Waals surface area (Å²) in [5.74, 6) is 2.68. The Labute approximate surface area is 165 Å². The Hall–Kier alpha value is -2.57. The largest absolute Gasteiger partial charge is 0.497 e. The molecule has 2 aliphatic rings. The summed E-state index contributed by atoms with van der Waals surface area (Å²) in [6.07, 6.45) is 3.75. The average Bonchev–Trinajstić information content (AvgIpc) is 3.48. The average molecular weight is 384 g/mol. The first-order valence-corrected chi connectivity index (χ1v) is 10.2. The van der Waals surface area contributed by atoms with Gasteiger partial charge in [0, 0.05) is 39.0 Å². The van der Waals surface area contributed by atoms with Gasteiger partial charge in [-0.3, -0.25) is 4.79 Å². The fourth-order valence-electron chi connectivity index (χ4n) is 3.89. The summed E-state index contributed by atoms with van der Waals surface area (Å²) in [4.78, 5) is 17.0. The molecule has 0 radical (unpaired) electrons. The van der Waals surface area contributed by atoms with Crippen molar-refractivity contribution in [3.8, 4) is 5.75 Å². The standard InChI is InChI=1S/C21H28N4O3/c1-3-19-22-23-21(28-19)25-12-10-24(11-13-25)20(26)14-18(15-4-5-15)16-6-8-17(27-2)9-7-16/h6-9,15,18H,3-5,10-14H2,1-2H3. The Morgan fingerprint density at radius 2 is 1.89 bits per heavy atom. The molecule has 1 aromatic heterocycles. The number of rotatable bonds is 7. The number of methoxy groups -OCH3 is 1. The molecule has 0 spiro atoms. The summed E-state index contributed by atoms with van der Waals surface area (Å²) in [6.45, 7) is 4.85. The lowest BCUT2D eigenvalue weighted by Gasteiger charge is -2.34. The number of benzene rings is 1. The van der Waals surface area contributed by atoms with E-state index in [9.17, 15) is 4.79 Å². The van der Waals surface area contributed by atoms with Gasteiger partial charge in [-0.2, -0.15) is 0 Å². The second kappa shape index (κ2) is 8.20. The number of nitrogens with zero attached hydrogens (tertiary/aromatic N) is 4. The Bertz CT molecular complexity index is 792. The zero-order valence-corrected chi connectivity index (χ0v) is 16.6. The van der Waals surface area contributed by atoms with Crippen molar-refractivity contribution in [1.82, 2.24) is 15.1 Å². The summed E-state index contributed by atoms with van der Waals surface area (Å²) in [5.41, 5.74) is 1.24. The normalized spacial score (nSPS) is 18.2. The zero-order valence-electron chi connectivity index (χ0n) is 16.6. The fraction of sp³-hybridized carbons (Fsp3) is 0.571. The molecule has 1 aliphatic heterocycles. The van der Waals surface area contributed by atoms with Crippen LogP contribution in [0.5, 0.6) is 5.75 Å². The van der Waals surface area contributed by atoms with Crippen LogP contribution in [0.2, 0.25) is 0 Å². The topological polar surface area (TPSA) is 71.7 Å². The van der Waals surface area contributed by atoms with E-state index in [2.05, 4.69) is 27.2 Å². The number of anilines is 1. The number of hydrogen-bond donors (Lipinski definition) is 0. The zero-order chi connectivity index (χ0) is 19.5. The molecule has 2 heterocycles. The first-order chi connectivity index (χ1) is 13.7. The van der Waals surface area contributed by atoms with Crippen molar-refractivity contribution in [3.05, 3.63) is 35.7 Å². The minimum atomic E-state index is 0.243. The molecular formula is C21H28N4O3. The third-order valence-electron chi connectivity index (χ3n) is 5.79. The number of aryl methyl sites for hydroxylation is 1. The van der Waals surface area contributed by atoms with E-state index in [1.807, 2.05) is 24.0 Å². The van der Waals surface area contributed by atoms with Crippen LogP contribution in [0.4, 0.5) is 6.01 Å². The van der Waals surface area contributed by atoms with Gasteiger partial charge in [0.2, 0.25) is 11.8 Å². The van der Waals surface area contributed by atoms with E-state index >= 15 is 0 Å². The Morgan fingerprint density at radius 1 is 1.18 bits per heavy atom. The summed E-state index contributed by atoms with van der Waals surface area (Å²) in [6, 6.07) is 8.76. The molecule has 1 saturated heterocycles. The van der Waals surface area contributed by atoms with Gasteiger partial charge >= 0.3 is 6.01 Å². The van der Waals surface area contributed by atoms with Crippen molar-refractivity contribution in [1.29, 1.82) is 0 Å². The van der Waals surface area contributed by atoms with E-state index in [0.29, 0.717) is 43.3 Å².